The summed E-state index contributed by atoms with van der Waals surface area (Å²) >= 11 is 0. The Morgan fingerprint density at radius 3 is 3.00 bits per heavy atom. The lowest BCUT2D eigenvalue weighted by molar-refractivity contribution is 0.250. The molecule has 0 aliphatic rings. The number of oxime groups is 1. The van der Waals surface area contributed by atoms with Gasteiger partial charge in [-0.1, -0.05) is 11.2 Å². The summed E-state index contributed by atoms with van der Waals surface area (Å²) in [4.78, 5) is 6.19. The SMILES string of the molecule is CC(CC(N)=NO)N(C)Cc1cccnc1. The second-order valence-electron chi connectivity index (χ2n) is 3.92. The highest BCUT2D eigenvalue weighted by molar-refractivity contribution is 5.80. The molecule has 1 aromatic heterocycles. The normalized spacial score (nSPS) is 14.1. The van der Waals surface area contributed by atoms with E-state index >= 15 is 0 Å². The molecule has 88 valence electrons. The molecule has 0 aliphatic heterocycles. The van der Waals surface area contributed by atoms with Gasteiger partial charge in [0.2, 0.25) is 0 Å². The van der Waals surface area contributed by atoms with Gasteiger partial charge in [0.05, 0.1) is 0 Å². The Labute approximate surface area is 95.6 Å². The van der Waals surface area contributed by atoms with Crippen molar-refractivity contribution in [1.29, 1.82) is 0 Å². The second-order valence-corrected chi connectivity index (χ2v) is 3.92. The average Bonchev–Trinajstić information content (AvgIpc) is 2.30. The van der Waals surface area contributed by atoms with Gasteiger partial charge in [-0.3, -0.25) is 9.88 Å². The van der Waals surface area contributed by atoms with Crippen LogP contribution >= 0.6 is 0 Å². The van der Waals surface area contributed by atoms with E-state index in [9.17, 15) is 0 Å². The van der Waals surface area contributed by atoms with Gasteiger partial charge in [0.25, 0.3) is 0 Å². The number of nitrogens with zero attached hydrogens (tertiary/aromatic N) is 3. The van der Waals surface area contributed by atoms with E-state index in [2.05, 4.69) is 15.0 Å². The van der Waals surface area contributed by atoms with E-state index in [1.807, 2.05) is 32.3 Å². The minimum Gasteiger partial charge on any atom is -0.409 e. The Morgan fingerprint density at radius 2 is 2.44 bits per heavy atom. The fraction of sp³-hybridized carbons (Fsp3) is 0.455. The maximum absolute atomic E-state index is 8.49. The zero-order chi connectivity index (χ0) is 12.0. The average molecular weight is 222 g/mol. The van der Waals surface area contributed by atoms with Crippen LogP contribution in [0.1, 0.15) is 18.9 Å². The van der Waals surface area contributed by atoms with Crippen molar-refractivity contribution in [2.24, 2.45) is 10.9 Å². The number of hydrogen-bond acceptors (Lipinski definition) is 4. The number of aromatic nitrogens is 1. The van der Waals surface area contributed by atoms with Gasteiger partial charge >= 0.3 is 0 Å². The molecule has 16 heavy (non-hydrogen) atoms. The predicted octanol–water partition coefficient (Wildman–Crippen LogP) is 1.04. The van der Waals surface area contributed by atoms with Crippen molar-refractivity contribution < 1.29 is 5.21 Å². The minimum atomic E-state index is 0.219. The molecule has 0 saturated carbocycles. The summed E-state index contributed by atoms with van der Waals surface area (Å²) in [5, 5.41) is 11.5. The van der Waals surface area contributed by atoms with Crippen LogP contribution in [0.5, 0.6) is 0 Å². The molecule has 0 saturated heterocycles. The summed E-state index contributed by atoms with van der Waals surface area (Å²) in [7, 11) is 2.00. The fourth-order valence-electron chi connectivity index (χ4n) is 1.43. The molecule has 0 bridgehead atoms. The van der Waals surface area contributed by atoms with Crippen LogP contribution in [0.25, 0.3) is 0 Å². The van der Waals surface area contributed by atoms with Crippen molar-refractivity contribution in [3.63, 3.8) is 0 Å². The topological polar surface area (TPSA) is 74.7 Å². The van der Waals surface area contributed by atoms with Crippen LogP contribution < -0.4 is 5.73 Å². The highest BCUT2D eigenvalue weighted by Crippen LogP contribution is 2.07. The van der Waals surface area contributed by atoms with Crippen LogP contribution in [-0.2, 0) is 6.54 Å². The van der Waals surface area contributed by atoms with Crippen LogP contribution in [0.15, 0.2) is 29.7 Å². The van der Waals surface area contributed by atoms with E-state index < -0.39 is 0 Å². The molecular weight excluding hydrogens is 204 g/mol. The number of nitrogens with two attached hydrogens (primary N) is 1. The molecule has 1 unspecified atom stereocenters. The standard InChI is InChI=1S/C11H18N4O/c1-9(6-11(12)14-16)15(2)8-10-4-3-5-13-7-10/h3-5,7,9,16H,6,8H2,1-2H3,(H2,12,14). The van der Waals surface area contributed by atoms with Gasteiger partial charge in [-0.15, -0.1) is 0 Å². The Morgan fingerprint density at radius 1 is 1.69 bits per heavy atom. The van der Waals surface area contributed by atoms with Crippen LogP contribution in [0, 0.1) is 0 Å². The first kappa shape index (κ1) is 12.4. The van der Waals surface area contributed by atoms with Crippen LogP contribution in [-0.4, -0.2) is 34.0 Å². The van der Waals surface area contributed by atoms with Gasteiger partial charge in [0, 0.05) is 31.4 Å². The van der Waals surface area contributed by atoms with Crippen molar-refractivity contribution in [3.05, 3.63) is 30.1 Å². The molecule has 0 fully saturated rings. The monoisotopic (exact) mass is 222 g/mol. The van der Waals surface area contributed by atoms with Crippen molar-refractivity contribution in [2.45, 2.75) is 25.9 Å². The summed E-state index contributed by atoms with van der Waals surface area (Å²) in [6.45, 7) is 2.84. The number of hydrogen-bond donors (Lipinski definition) is 2. The third-order valence-corrected chi connectivity index (χ3v) is 2.54. The summed E-state index contributed by atoms with van der Waals surface area (Å²) in [6.07, 6.45) is 4.14. The molecule has 0 radical (unpaired) electrons. The van der Waals surface area contributed by atoms with Gasteiger partial charge < -0.3 is 10.9 Å². The Balaban J connectivity index is 2.49. The maximum Gasteiger partial charge on any atom is 0.140 e. The van der Waals surface area contributed by atoms with Gasteiger partial charge in [-0.2, -0.15) is 0 Å². The Kier molecular flexibility index (Phi) is 4.72. The van der Waals surface area contributed by atoms with Gasteiger partial charge in [-0.25, -0.2) is 0 Å². The van der Waals surface area contributed by atoms with E-state index in [-0.39, 0.29) is 11.9 Å². The van der Waals surface area contributed by atoms with E-state index in [1.165, 1.54) is 0 Å². The highest BCUT2D eigenvalue weighted by atomic mass is 16.4. The predicted molar refractivity (Wildman–Crippen MR) is 63.2 cm³/mol. The molecule has 1 rings (SSSR count). The summed E-state index contributed by atoms with van der Waals surface area (Å²) in [5.74, 6) is 0.255. The first-order valence-corrected chi connectivity index (χ1v) is 5.19. The summed E-state index contributed by atoms with van der Waals surface area (Å²) < 4.78 is 0. The molecule has 0 aromatic carbocycles. The Hall–Kier alpha value is -1.62. The third-order valence-electron chi connectivity index (χ3n) is 2.54. The van der Waals surface area contributed by atoms with Crippen LogP contribution in [0.2, 0.25) is 0 Å². The first-order valence-electron chi connectivity index (χ1n) is 5.19. The molecule has 1 atom stereocenters. The van der Waals surface area contributed by atoms with E-state index in [4.69, 9.17) is 10.9 Å². The zero-order valence-electron chi connectivity index (χ0n) is 9.67. The lowest BCUT2D eigenvalue weighted by Crippen LogP contribution is -2.32. The molecule has 0 spiro atoms. The molecular formula is C11H18N4O. The Bertz CT molecular complexity index is 339. The number of pyridine rings is 1. The molecule has 0 amide bonds. The van der Waals surface area contributed by atoms with E-state index in [0.29, 0.717) is 6.42 Å². The van der Waals surface area contributed by atoms with Crippen molar-refractivity contribution >= 4 is 5.84 Å². The molecule has 3 N–H and O–H groups in total. The molecule has 5 nitrogen and oxygen atoms in total. The van der Waals surface area contributed by atoms with Gasteiger partial charge in [0.15, 0.2) is 0 Å². The van der Waals surface area contributed by atoms with E-state index in [0.717, 1.165) is 12.1 Å². The molecule has 5 heteroatoms. The quantitative estimate of drug-likeness (QED) is 0.338. The minimum absolute atomic E-state index is 0.219. The smallest absolute Gasteiger partial charge is 0.140 e. The molecule has 0 aliphatic carbocycles. The zero-order valence-corrected chi connectivity index (χ0v) is 9.67. The molecule has 1 aromatic rings. The first-order chi connectivity index (χ1) is 7.63. The van der Waals surface area contributed by atoms with Crippen molar-refractivity contribution in [1.82, 2.24) is 9.88 Å². The largest absolute Gasteiger partial charge is 0.409 e. The van der Waals surface area contributed by atoms with Crippen molar-refractivity contribution in [2.75, 3.05) is 7.05 Å². The lowest BCUT2D eigenvalue weighted by Gasteiger charge is -2.24. The summed E-state index contributed by atoms with van der Waals surface area (Å²) in [6, 6.07) is 4.16. The van der Waals surface area contributed by atoms with Crippen molar-refractivity contribution in [3.8, 4) is 0 Å². The molecule has 1 heterocycles. The van der Waals surface area contributed by atoms with Gasteiger partial charge in [0.1, 0.15) is 5.84 Å². The summed E-state index contributed by atoms with van der Waals surface area (Å²) in [5.41, 5.74) is 6.62. The fourth-order valence-corrected chi connectivity index (χ4v) is 1.43. The van der Waals surface area contributed by atoms with Gasteiger partial charge in [-0.05, 0) is 25.6 Å². The second kappa shape index (κ2) is 6.07. The third kappa shape index (κ3) is 3.86. The highest BCUT2D eigenvalue weighted by Gasteiger charge is 2.11. The number of amidine groups is 1. The van der Waals surface area contributed by atoms with Crippen LogP contribution in [0.4, 0.5) is 0 Å². The van der Waals surface area contributed by atoms with Crippen LogP contribution in [0.3, 0.4) is 0 Å². The number of rotatable bonds is 5. The maximum atomic E-state index is 8.49. The lowest BCUT2D eigenvalue weighted by atomic mass is 10.2. The van der Waals surface area contributed by atoms with E-state index in [1.54, 1.807) is 6.20 Å².